The number of aryl methyl sites for hydroxylation is 4. The Labute approximate surface area is 155 Å². The molecule has 1 aliphatic rings. The first kappa shape index (κ1) is 18.6. The highest BCUT2D eigenvalue weighted by Crippen LogP contribution is 2.39. The molecule has 0 amide bonds. The molecule has 3 nitrogen and oxygen atoms in total. The van der Waals surface area contributed by atoms with E-state index in [0.717, 1.165) is 42.4 Å². The fourth-order valence-corrected chi connectivity index (χ4v) is 7.27. The summed E-state index contributed by atoms with van der Waals surface area (Å²) in [5.41, 5.74) is 4.01. The van der Waals surface area contributed by atoms with Gasteiger partial charge in [-0.25, -0.2) is 8.42 Å². The second-order valence-electron chi connectivity index (χ2n) is 7.18. The molecule has 1 fully saturated rings. The van der Waals surface area contributed by atoms with Gasteiger partial charge in [0.1, 0.15) is 0 Å². The molecule has 1 unspecified atom stereocenters. The van der Waals surface area contributed by atoms with Crippen molar-refractivity contribution in [1.29, 1.82) is 0 Å². The van der Waals surface area contributed by atoms with Crippen LogP contribution in [0.2, 0.25) is 0 Å². The quantitative estimate of drug-likeness (QED) is 0.729. The Kier molecular flexibility index (Phi) is 5.37. The van der Waals surface area contributed by atoms with E-state index in [0.29, 0.717) is 11.4 Å². The molecule has 1 aromatic heterocycles. The number of rotatable bonds is 3. The van der Waals surface area contributed by atoms with Gasteiger partial charge in [-0.2, -0.15) is 4.31 Å². The van der Waals surface area contributed by atoms with Crippen LogP contribution in [0.4, 0.5) is 0 Å². The Bertz CT molecular complexity index is 845. The van der Waals surface area contributed by atoms with Gasteiger partial charge in [0.2, 0.25) is 10.0 Å². The van der Waals surface area contributed by atoms with Gasteiger partial charge in [-0.15, -0.1) is 11.3 Å². The van der Waals surface area contributed by atoms with Crippen molar-refractivity contribution in [3.05, 3.63) is 50.7 Å². The Hall–Kier alpha value is -1.17. The lowest BCUT2D eigenvalue weighted by molar-refractivity contribution is 0.332. The smallest absolute Gasteiger partial charge is 0.207 e. The Morgan fingerprint density at radius 2 is 1.68 bits per heavy atom. The van der Waals surface area contributed by atoms with Crippen LogP contribution in [0.15, 0.2) is 28.5 Å². The van der Waals surface area contributed by atoms with E-state index in [1.54, 1.807) is 15.6 Å². The highest BCUT2D eigenvalue weighted by Gasteiger charge is 2.36. The molecule has 0 bridgehead atoms. The van der Waals surface area contributed by atoms with Crippen LogP contribution in [-0.2, 0) is 10.0 Å². The SMILES string of the molecule is Cc1cc(C)c(S(=O)(=O)N2CCCCCC2c2sccc2C)c(C)c1. The van der Waals surface area contributed by atoms with E-state index in [2.05, 4.69) is 18.4 Å². The molecule has 0 N–H and O–H groups in total. The molecule has 1 atom stereocenters. The van der Waals surface area contributed by atoms with E-state index in [1.807, 2.05) is 32.9 Å². The van der Waals surface area contributed by atoms with Gasteiger partial charge in [0.25, 0.3) is 0 Å². The molecule has 3 rings (SSSR count). The molecule has 0 saturated carbocycles. The van der Waals surface area contributed by atoms with Crippen LogP contribution >= 0.6 is 11.3 Å². The Morgan fingerprint density at radius 1 is 1.00 bits per heavy atom. The number of sulfonamides is 1. The lowest BCUT2D eigenvalue weighted by atomic mass is 10.1. The van der Waals surface area contributed by atoms with Gasteiger partial charge < -0.3 is 0 Å². The summed E-state index contributed by atoms with van der Waals surface area (Å²) in [5.74, 6) is 0. The predicted molar refractivity (Wildman–Crippen MR) is 105 cm³/mol. The summed E-state index contributed by atoms with van der Waals surface area (Å²) in [6.45, 7) is 8.54. The molecule has 2 aromatic rings. The van der Waals surface area contributed by atoms with Gasteiger partial charge in [-0.05, 0) is 68.7 Å². The van der Waals surface area contributed by atoms with Crippen LogP contribution in [0, 0.1) is 27.7 Å². The van der Waals surface area contributed by atoms with Gasteiger partial charge in [-0.1, -0.05) is 30.5 Å². The lowest BCUT2D eigenvalue weighted by Crippen LogP contribution is -2.35. The van der Waals surface area contributed by atoms with E-state index in [1.165, 1.54) is 10.4 Å². The van der Waals surface area contributed by atoms with Gasteiger partial charge in [0.05, 0.1) is 10.9 Å². The number of benzene rings is 1. The minimum atomic E-state index is -3.52. The molecular formula is C20H27NO2S2. The van der Waals surface area contributed by atoms with Crippen molar-refractivity contribution in [3.63, 3.8) is 0 Å². The Balaban J connectivity index is 2.12. The summed E-state index contributed by atoms with van der Waals surface area (Å²) in [6.07, 6.45) is 4.02. The molecule has 1 saturated heterocycles. The maximum atomic E-state index is 13.6. The number of nitrogens with zero attached hydrogens (tertiary/aromatic N) is 1. The zero-order valence-electron chi connectivity index (χ0n) is 15.5. The second-order valence-corrected chi connectivity index (χ2v) is 9.95. The van der Waals surface area contributed by atoms with Crippen LogP contribution in [0.1, 0.15) is 58.9 Å². The van der Waals surface area contributed by atoms with E-state index in [-0.39, 0.29) is 6.04 Å². The summed E-state index contributed by atoms with van der Waals surface area (Å²) in [7, 11) is -3.52. The molecule has 1 aromatic carbocycles. The third kappa shape index (κ3) is 3.55. The molecule has 5 heteroatoms. The van der Waals surface area contributed by atoms with E-state index in [9.17, 15) is 8.42 Å². The normalized spacial score (nSPS) is 19.8. The number of hydrogen-bond donors (Lipinski definition) is 0. The minimum absolute atomic E-state index is 0.0346. The molecule has 1 aliphatic heterocycles. The molecule has 2 heterocycles. The topological polar surface area (TPSA) is 37.4 Å². The average molecular weight is 378 g/mol. The molecular weight excluding hydrogens is 350 g/mol. The first-order valence-electron chi connectivity index (χ1n) is 8.96. The van der Waals surface area contributed by atoms with E-state index in [4.69, 9.17) is 0 Å². The third-order valence-corrected chi connectivity index (χ3v) is 8.41. The largest absolute Gasteiger partial charge is 0.244 e. The van der Waals surface area contributed by atoms with Crippen LogP contribution in [0.3, 0.4) is 0 Å². The zero-order valence-corrected chi connectivity index (χ0v) is 17.1. The van der Waals surface area contributed by atoms with Crippen molar-refractivity contribution in [2.45, 2.75) is 64.3 Å². The van der Waals surface area contributed by atoms with Crippen molar-refractivity contribution in [3.8, 4) is 0 Å². The minimum Gasteiger partial charge on any atom is -0.207 e. The molecule has 136 valence electrons. The van der Waals surface area contributed by atoms with Crippen LogP contribution in [0.5, 0.6) is 0 Å². The average Bonchev–Trinajstić information content (AvgIpc) is 2.79. The monoisotopic (exact) mass is 377 g/mol. The lowest BCUT2D eigenvalue weighted by Gasteiger charge is -2.30. The van der Waals surface area contributed by atoms with Crippen molar-refractivity contribution in [1.82, 2.24) is 4.31 Å². The summed E-state index contributed by atoms with van der Waals surface area (Å²) in [5, 5.41) is 2.07. The van der Waals surface area contributed by atoms with Crippen LogP contribution < -0.4 is 0 Å². The fraction of sp³-hybridized carbons (Fsp3) is 0.500. The second kappa shape index (κ2) is 7.22. The first-order chi connectivity index (χ1) is 11.8. The van der Waals surface area contributed by atoms with Gasteiger partial charge in [0, 0.05) is 11.4 Å². The van der Waals surface area contributed by atoms with Crippen molar-refractivity contribution < 1.29 is 8.42 Å². The van der Waals surface area contributed by atoms with Crippen LogP contribution in [0.25, 0.3) is 0 Å². The zero-order chi connectivity index (χ0) is 18.2. The third-order valence-electron chi connectivity index (χ3n) is 5.08. The predicted octanol–water partition coefficient (Wildman–Crippen LogP) is 5.29. The van der Waals surface area contributed by atoms with Crippen LogP contribution in [-0.4, -0.2) is 19.3 Å². The summed E-state index contributed by atoms with van der Waals surface area (Å²) >= 11 is 1.69. The number of thiophene rings is 1. The highest BCUT2D eigenvalue weighted by molar-refractivity contribution is 7.89. The van der Waals surface area contributed by atoms with Crippen molar-refractivity contribution >= 4 is 21.4 Å². The molecule has 0 spiro atoms. The summed E-state index contributed by atoms with van der Waals surface area (Å²) in [6, 6.07) is 6.01. The number of hydrogen-bond acceptors (Lipinski definition) is 3. The van der Waals surface area contributed by atoms with E-state index >= 15 is 0 Å². The maximum absolute atomic E-state index is 13.6. The van der Waals surface area contributed by atoms with Crippen molar-refractivity contribution in [2.75, 3.05) is 6.54 Å². The fourth-order valence-electron chi connectivity index (χ4n) is 4.05. The van der Waals surface area contributed by atoms with E-state index < -0.39 is 10.0 Å². The first-order valence-corrected chi connectivity index (χ1v) is 11.3. The molecule has 0 aliphatic carbocycles. The van der Waals surface area contributed by atoms with Gasteiger partial charge in [-0.3, -0.25) is 0 Å². The molecule has 0 radical (unpaired) electrons. The van der Waals surface area contributed by atoms with Gasteiger partial charge >= 0.3 is 0 Å². The molecule has 25 heavy (non-hydrogen) atoms. The maximum Gasteiger partial charge on any atom is 0.244 e. The Morgan fingerprint density at radius 3 is 2.28 bits per heavy atom. The highest BCUT2D eigenvalue weighted by atomic mass is 32.2. The van der Waals surface area contributed by atoms with Crippen molar-refractivity contribution in [2.24, 2.45) is 0 Å². The summed E-state index contributed by atoms with van der Waals surface area (Å²) in [4.78, 5) is 1.70. The summed E-state index contributed by atoms with van der Waals surface area (Å²) < 4.78 is 29.1. The standard InChI is InChI=1S/C20H27NO2S2/c1-14-12-16(3)20(17(4)13-14)25(22,23)21-10-7-5-6-8-18(21)19-15(2)9-11-24-19/h9,11-13,18H,5-8,10H2,1-4H3. The van der Waals surface area contributed by atoms with Gasteiger partial charge in [0.15, 0.2) is 0 Å².